The molecule has 1 aliphatic rings. The molecule has 1 aromatic rings. The molecule has 1 amide bonds. The Bertz CT molecular complexity index is 336. The first-order chi connectivity index (χ1) is 7.31. The molecule has 1 aromatic heterocycles. The average Bonchev–Trinajstić information content (AvgIpc) is 3.10. The summed E-state index contributed by atoms with van der Waals surface area (Å²) in [4.78, 5) is 17.1. The van der Waals surface area contributed by atoms with Crippen LogP contribution in [-0.4, -0.2) is 33.5 Å². The number of carbonyl (C=O) groups is 1. The van der Waals surface area contributed by atoms with E-state index in [0.29, 0.717) is 12.6 Å². The van der Waals surface area contributed by atoms with Crippen molar-refractivity contribution in [1.82, 2.24) is 9.88 Å². The van der Waals surface area contributed by atoms with Crippen molar-refractivity contribution < 1.29 is 9.90 Å². The van der Waals surface area contributed by atoms with Crippen LogP contribution in [0.3, 0.4) is 0 Å². The molecular weight excluding hydrogens is 192 g/mol. The summed E-state index contributed by atoms with van der Waals surface area (Å²) in [5, 5.41) is 8.86. The van der Waals surface area contributed by atoms with Gasteiger partial charge in [0.05, 0.1) is 0 Å². The summed E-state index contributed by atoms with van der Waals surface area (Å²) in [6.45, 7) is 0.175. The van der Waals surface area contributed by atoms with E-state index in [-0.39, 0.29) is 5.91 Å². The number of nitrogens with zero attached hydrogens (tertiary/aromatic N) is 2. The molecule has 0 aliphatic heterocycles. The van der Waals surface area contributed by atoms with Gasteiger partial charge in [-0.05, 0) is 30.5 Å². The predicted molar refractivity (Wildman–Crippen MR) is 54.9 cm³/mol. The van der Waals surface area contributed by atoms with Crippen molar-refractivity contribution in [3.8, 4) is 0 Å². The van der Waals surface area contributed by atoms with Crippen LogP contribution in [0.4, 0.5) is 0 Å². The Balaban J connectivity index is 2.04. The minimum absolute atomic E-state index is 0.186. The van der Waals surface area contributed by atoms with Crippen molar-refractivity contribution in [2.45, 2.75) is 25.4 Å². The fourth-order valence-corrected chi connectivity index (χ4v) is 1.58. The second-order valence-electron chi connectivity index (χ2n) is 3.77. The zero-order valence-electron chi connectivity index (χ0n) is 8.47. The fourth-order valence-electron chi connectivity index (χ4n) is 1.58. The van der Waals surface area contributed by atoms with E-state index in [9.17, 15) is 4.79 Å². The Labute approximate surface area is 88.6 Å². The highest BCUT2D eigenvalue weighted by molar-refractivity contribution is 5.77. The Hall–Kier alpha value is -1.42. The van der Waals surface area contributed by atoms with E-state index in [1.54, 1.807) is 17.3 Å². The van der Waals surface area contributed by atoms with E-state index in [2.05, 4.69) is 4.98 Å². The van der Waals surface area contributed by atoms with Crippen LogP contribution in [0.1, 0.15) is 18.4 Å². The molecule has 1 saturated carbocycles. The first-order valence-corrected chi connectivity index (χ1v) is 5.10. The molecule has 4 heteroatoms. The smallest absolute Gasteiger partial charge is 0.248 e. The molecule has 4 nitrogen and oxygen atoms in total. The molecule has 0 atom stereocenters. The van der Waals surface area contributed by atoms with E-state index >= 15 is 0 Å². The first kappa shape index (κ1) is 10.1. The SMILES string of the molecule is O=C(CO)N(Cc1ccncc1)C1CC1. The third-order valence-corrected chi connectivity index (χ3v) is 2.55. The van der Waals surface area contributed by atoms with Gasteiger partial charge in [-0.2, -0.15) is 0 Å². The molecule has 80 valence electrons. The molecule has 0 saturated heterocycles. The van der Waals surface area contributed by atoms with Gasteiger partial charge in [0.1, 0.15) is 6.61 Å². The first-order valence-electron chi connectivity index (χ1n) is 5.10. The number of rotatable bonds is 4. The van der Waals surface area contributed by atoms with Gasteiger partial charge >= 0.3 is 0 Å². The molecule has 0 radical (unpaired) electrons. The van der Waals surface area contributed by atoms with Crippen molar-refractivity contribution in [1.29, 1.82) is 0 Å². The Kier molecular flexibility index (Phi) is 2.97. The minimum atomic E-state index is -0.401. The average molecular weight is 206 g/mol. The monoisotopic (exact) mass is 206 g/mol. The lowest BCUT2D eigenvalue weighted by Crippen LogP contribution is -2.34. The quantitative estimate of drug-likeness (QED) is 0.783. The van der Waals surface area contributed by atoms with Crippen LogP contribution in [0.15, 0.2) is 24.5 Å². The van der Waals surface area contributed by atoms with Crippen LogP contribution in [-0.2, 0) is 11.3 Å². The van der Waals surface area contributed by atoms with Crippen LogP contribution >= 0.6 is 0 Å². The molecule has 0 aromatic carbocycles. The number of aliphatic hydroxyl groups excluding tert-OH is 1. The molecule has 0 unspecified atom stereocenters. The standard InChI is InChI=1S/C11H14N2O2/c14-8-11(15)13(10-1-2-10)7-9-3-5-12-6-4-9/h3-6,10,14H,1-2,7-8H2. The van der Waals surface area contributed by atoms with E-state index in [1.807, 2.05) is 12.1 Å². The second kappa shape index (κ2) is 4.40. The van der Waals surface area contributed by atoms with Crippen molar-refractivity contribution in [3.63, 3.8) is 0 Å². The van der Waals surface area contributed by atoms with Gasteiger partial charge in [-0.25, -0.2) is 0 Å². The normalized spacial score (nSPS) is 15.0. The lowest BCUT2D eigenvalue weighted by molar-refractivity contribution is -0.135. The van der Waals surface area contributed by atoms with Gasteiger partial charge in [0.15, 0.2) is 0 Å². The van der Waals surface area contributed by atoms with Crippen molar-refractivity contribution >= 4 is 5.91 Å². The predicted octanol–water partition coefficient (Wildman–Crippen LogP) is 0.565. The molecular formula is C11H14N2O2. The largest absolute Gasteiger partial charge is 0.387 e. The zero-order valence-corrected chi connectivity index (χ0v) is 8.47. The van der Waals surface area contributed by atoms with Crippen LogP contribution < -0.4 is 0 Å². The van der Waals surface area contributed by atoms with E-state index in [0.717, 1.165) is 18.4 Å². The molecule has 1 heterocycles. The maximum absolute atomic E-state index is 11.5. The Morgan fingerprint density at radius 2 is 2.13 bits per heavy atom. The summed E-state index contributed by atoms with van der Waals surface area (Å²) in [5.41, 5.74) is 1.05. The Morgan fingerprint density at radius 1 is 1.47 bits per heavy atom. The highest BCUT2D eigenvalue weighted by atomic mass is 16.3. The summed E-state index contributed by atoms with van der Waals surface area (Å²) in [6.07, 6.45) is 5.53. The van der Waals surface area contributed by atoms with Crippen LogP contribution in [0.25, 0.3) is 0 Å². The van der Waals surface area contributed by atoms with Crippen LogP contribution in [0.2, 0.25) is 0 Å². The van der Waals surface area contributed by atoms with Gasteiger partial charge in [-0.3, -0.25) is 9.78 Å². The number of amides is 1. The minimum Gasteiger partial charge on any atom is -0.387 e. The van der Waals surface area contributed by atoms with E-state index < -0.39 is 6.61 Å². The fraction of sp³-hybridized carbons (Fsp3) is 0.455. The van der Waals surface area contributed by atoms with E-state index in [1.165, 1.54) is 0 Å². The molecule has 15 heavy (non-hydrogen) atoms. The maximum atomic E-state index is 11.5. The van der Waals surface area contributed by atoms with Gasteiger partial charge in [-0.15, -0.1) is 0 Å². The van der Waals surface area contributed by atoms with Gasteiger partial charge in [0.2, 0.25) is 5.91 Å². The Morgan fingerprint density at radius 3 is 2.67 bits per heavy atom. The van der Waals surface area contributed by atoms with Gasteiger partial charge < -0.3 is 10.0 Å². The molecule has 0 spiro atoms. The highest BCUT2D eigenvalue weighted by Gasteiger charge is 2.31. The third kappa shape index (κ3) is 2.53. The number of aromatic nitrogens is 1. The van der Waals surface area contributed by atoms with Crippen LogP contribution in [0, 0.1) is 0 Å². The van der Waals surface area contributed by atoms with Crippen molar-refractivity contribution in [2.24, 2.45) is 0 Å². The lowest BCUT2D eigenvalue weighted by atomic mass is 10.2. The maximum Gasteiger partial charge on any atom is 0.248 e. The third-order valence-electron chi connectivity index (χ3n) is 2.55. The number of aliphatic hydroxyl groups is 1. The summed E-state index contributed by atoms with van der Waals surface area (Å²) in [6, 6.07) is 4.11. The summed E-state index contributed by atoms with van der Waals surface area (Å²) in [7, 11) is 0. The van der Waals surface area contributed by atoms with Crippen molar-refractivity contribution in [2.75, 3.05) is 6.61 Å². The molecule has 0 bridgehead atoms. The van der Waals surface area contributed by atoms with E-state index in [4.69, 9.17) is 5.11 Å². The van der Waals surface area contributed by atoms with Gasteiger partial charge in [0.25, 0.3) is 0 Å². The molecule has 1 fully saturated rings. The second-order valence-corrected chi connectivity index (χ2v) is 3.77. The zero-order chi connectivity index (χ0) is 10.7. The molecule has 1 aliphatic carbocycles. The number of hydrogen-bond donors (Lipinski definition) is 1. The van der Waals surface area contributed by atoms with Crippen LogP contribution in [0.5, 0.6) is 0 Å². The molecule has 1 N–H and O–H groups in total. The summed E-state index contributed by atoms with van der Waals surface area (Å²) < 4.78 is 0. The topological polar surface area (TPSA) is 53.4 Å². The molecule has 2 rings (SSSR count). The number of pyridine rings is 1. The number of hydrogen-bond acceptors (Lipinski definition) is 3. The highest BCUT2D eigenvalue weighted by Crippen LogP contribution is 2.28. The van der Waals surface area contributed by atoms with Gasteiger partial charge in [0, 0.05) is 25.0 Å². The van der Waals surface area contributed by atoms with Gasteiger partial charge in [-0.1, -0.05) is 0 Å². The lowest BCUT2D eigenvalue weighted by Gasteiger charge is -2.21. The summed E-state index contributed by atoms with van der Waals surface area (Å²) >= 11 is 0. The number of carbonyl (C=O) groups excluding carboxylic acids is 1. The summed E-state index contributed by atoms with van der Waals surface area (Å²) in [5.74, 6) is -0.186. The van der Waals surface area contributed by atoms with Crippen molar-refractivity contribution in [3.05, 3.63) is 30.1 Å².